The van der Waals surface area contributed by atoms with Gasteiger partial charge in [0.2, 0.25) is 0 Å². The second kappa shape index (κ2) is 6.52. The fraction of sp³-hybridized carbons (Fsp3) is 0.667. The van der Waals surface area contributed by atoms with Crippen LogP contribution in [0.5, 0.6) is 0 Å². The molecule has 1 fully saturated rings. The molecule has 0 aromatic heterocycles. The summed E-state index contributed by atoms with van der Waals surface area (Å²) in [6, 6.07) is 0. The van der Waals surface area contributed by atoms with E-state index in [2.05, 4.69) is 5.92 Å². The lowest BCUT2D eigenvalue weighted by Crippen LogP contribution is -2.33. The van der Waals surface area contributed by atoms with E-state index >= 15 is 0 Å². The SMILES string of the molecule is [2H]CC(=O)OC[C@H]1OC(O)(OCC#C)C[C@@H]1OC(=O)C[2H]. The molecule has 1 unspecified atom stereocenters. The van der Waals surface area contributed by atoms with Gasteiger partial charge in [-0.25, -0.2) is 0 Å². The summed E-state index contributed by atoms with van der Waals surface area (Å²) in [6.07, 6.45) is 2.85. The number of rotatable bonds is 5. The predicted molar refractivity (Wildman–Crippen MR) is 61.4 cm³/mol. The quantitative estimate of drug-likeness (QED) is 0.413. The van der Waals surface area contributed by atoms with Gasteiger partial charge >= 0.3 is 11.9 Å². The Kier molecular flexibility index (Phi) is 4.26. The molecule has 0 saturated carbocycles. The zero-order valence-electron chi connectivity index (χ0n) is 12.2. The fourth-order valence-electron chi connectivity index (χ4n) is 1.60. The van der Waals surface area contributed by atoms with Gasteiger partial charge in [-0.1, -0.05) is 5.92 Å². The first-order chi connectivity index (χ1) is 9.94. The van der Waals surface area contributed by atoms with Crippen LogP contribution in [-0.4, -0.2) is 48.4 Å². The summed E-state index contributed by atoms with van der Waals surface area (Å²) < 4.78 is 33.5. The van der Waals surface area contributed by atoms with E-state index in [4.69, 9.17) is 28.1 Å². The maximum atomic E-state index is 11.2. The maximum Gasteiger partial charge on any atom is 0.303 e. The summed E-state index contributed by atoms with van der Waals surface area (Å²) in [6.45, 7) is -1.72. The molecule has 1 aliphatic heterocycles. The van der Waals surface area contributed by atoms with E-state index < -0.39 is 43.9 Å². The van der Waals surface area contributed by atoms with E-state index in [0.29, 0.717) is 0 Å². The van der Waals surface area contributed by atoms with E-state index in [-0.39, 0.29) is 19.6 Å². The third-order valence-corrected chi connectivity index (χ3v) is 2.28. The molecular weight excluding hydrogens is 256 g/mol. The van der Waals surface area contributed by atoms with Crippen LogP contribution in [0, 0.1) is 12.3 Å². The highest BCUT2D eigenvalue weighted by molar-refractivity contribution is 5.66. The van der Waals surface area contributed by atoms with E-state index in [9.17, 15) is 14.7 Å². The number of terminal acetylenes is 1. The minimum absolute atomic E-state index is 0.227. The lowest BCUT2D eigenvalue weighted by molar-refractivity contribution is -0.346. The number of esters is 2. The average molecular weight is 274 g/mol. The van der Waals surface area contributed by atoms with E-state index in [1.165, 1.54) is 0 Å². The number of hydrogen-bond acceptors (Lipinski definition) is 7. The normalized spacial score (nSPS) is 30.9. The zero-order chi connectivity index (χ0) is 15.9. The first-order valence-corrected chi connectivity index (χ1v) is 5.35. The number of hydrogen-bond donors (Lipinski definition) is 1. The van der Waals surface area contributed by atoms with Crippen molar-refractivity contribution in [2.75, 3.05) is 13.2 Å². The molecule has 0 radical (unpaired) electrons. The van der Waals surface area contributed by atoms with Crippen molar-refractivity contribution >= 4 is 11.9 Å². The molecule has 3 atom stereocenters. The van der Waals surface area contributed by atoms with Crippen molar-refractivity contribution in [1.82, 2.24) is 0 Å². The zero-order valence-corrected chi connectivity index (χ0v) is 10.2. The van der Waals surface area contributed by atoms with Crippen molar-refractivity contribution in [3.8, 4) is 12.3 Å². The number of carbonyl (C=O) groups excluding carboxylic acids is 2. The Hall–Kier alpha value is -1.62. The highest BCUT2D eigenvalue weighted by Crippen LogP contribution is 2.32. The van der Waals surface area contributed by atoms with Crippen LogP contribution in [0.4, 0.5) is 0 Å². The summed E-state index contributed by atoms with van der Waals surface area (Å²) in [5.74, 6) is -1.51. The lowest BCUT2D eigenvalue weighted by atomic mass is 10.2. The van der Waals surface area contributed by atoms with Gasteiger partial charge in [-0.15, -0.1) is 6.42 Å². The Morgan fingerprint density at radius 2 is 2.32 bits per heavy atom. The molecule has 106 valence electrons. The molecule has 0 aliphatic carbocycles. The van der Waals surface area contributed by atoms with Gasteiger partial charge in [-0.05, 0) is 0 Å². The number of aliphatic hydroxyl groups is 1. The van der Waals surface area contributed by atoms with Crippen molar-refractivity contribution in [2.24, 2.45) is 0 Å². The van der Waals surface area contributed by atoms with E-state index in [1.54, 1.807) is 0 Å². The van der Waals surface area contributed by atoms with Gasteiger partial charge in [0.1, 0.15) is 25.4 Å². The minimum atomic E-state index is -2.06. The van der Waals surface area contributed by atoms with Gasteiger partial charge in [0.15, 0.2) is 0 Å². The van der Waals surface area contributed by atoms with Gasteiger partial charge in [0.25, 0.3) is 5.97 Å². The van der Waals surface area contributed by atoms with Crippen LogP contribution in [-0.2, 0) is 28.5 Å². The Balaban J connectivity index is 2.68. The highest BCUT2D eigenvalue weighted by atomic mass is 16.8. The van der Waals surface area contributed by atoms with E-state index in [1.807, 2.05) is 0 Å². The van der Waals surface area contributed by atoms with Gasteiger partial charge < -0.3 is 24.1 Å². The smallest absolute Gasteiger partial charge is 0.303 e. The average Bonchev–Trinajstić information content (AvgIpc) is 2.78. The van der Waals surface area contributed by atoms with Gasteiger partial charge in [0, 0.05) is 16.5 Å². The molecule has 0 aromatic rings. The molecule has 1 heterocycles. The standard InChI is InChI=1S/C12H16O7/c1-4-5-17-12(15)6-10(18-9(3)14)11(19-12)7-16-8(2)13/h1,10-11,15H,5-7H2,2-3H3/t10-,11+,12?/m0/s1/i2D,3D. The number of carbonyl (C=O) groups is 2. The molecule has 0 aromatic carbocycles. The molecule has 0 amide bonds. The molecular formula is C12H16O7. The summed E-state index contributed by atoms with van der Waals surface area (Å²) >= 11 is 0. The molecule has 7 nitrogen and oxygen atoms in total. The van der Waals surface area contributed by atoms with E-state index in [0.717, 1.165) is 0 Å². The molecule has 0 spiro atoms. The summed E-state index contributed by atoms with van der Waals surface area (Å²) in [7, 11) is 0. The van der Waals surface area contributed by atoms with Crippen molar-refractivity contribution < 1.29 is 36.4 Å². The summed E-state index contributed by atoms with van der Waals surface area (Å²) in [4.78, 5) is 22.1. The molecule has 1 rings (SSSR count). The molecule has 19 heavy (non-hydrogen) atoms. The van der Waals surface area contributed by atoms with Crippen LogP contribution in [0.2, 0.25) is 0 Å². The van der Waals surface area contributed by atoms with Crippen LogP contribution >= 0.6 is 0 Å². The first kappa shape index (κ1) is 12.4. The Morgan fingerprint density at radius 1 is 1.58 bits per heavy atom. The molecule has 1 aliphatic rings. The molecule has 1 saturated heterocycles. The third kappa shape index (κ3) is 4.87. The Bertz CT molecular complexity index is 422. The van der Waals surface area contributed by atoms with Gasteiger partial charge in [0.05, 0.1) is 6.42 Å². The van der Waals surface area contributed by atoms with Crippen molar-refractivity contribution in [2.45, 2.75) is 38.4 Å². The van der Waals surface area contributed by atoms with Gasteiger partial charge in [-0.3, -0.25) is 9.59 Å². The monoisotopic (exact) mass is 274 g/mol. The Morgan fingerprint density at radius 3 is 2.95 bits per heavy atom. The third-order valence-electron chi connectivity index (χ3n) is 2.28. The largest absolute Gasteiger partial charge is 0.463 e. The number of ether oxygens (including phenoxy) is 4. The van der Waals surface area contributed by atoms with Crippen LogP contribution in [0.3, 0.4) is 0 Å². The van der Waals surface area contributed by atoms with Crippen molar-refractivity contribution in [3.63, 3.8) is 0 Å². The topological polar surface area (TPSA) is 91.3 Å². The van der Waals surface area contributed by atoms with Crippen LogP contribution in [0.15, 0.2) is 0 Å². The summed E-state index contributed by atoms with van der Waals surface area (Å²) in [5, 5.41) is 10.0. The Labute approximate surface area is 113 Å². The predicted octanol–water partition coefficient (Wildman–Crippen LogP) is -0.434. The molecule has 7 heteroatoms. The molecule has 0 bridgehead atoms. The van der Waals surface area contributed by atoms with Crippen LogP contribution < -0.4 is 0 Å². The van der Waals surface area contributed by atoms with Crippen molar-refractivity contribution in [3.05, 3.63) is 0 Å². The van der Waals surface area contributed by atoms with Crippen LogP contribution in [0.1, 0.15) is 23.0 Å². The van der Waals surface area contributed by atoms with Crippen molar-refractivity contribution in [1.29, 1.82) is 0 Å². The first-order valence-electron chi connectivity index (χ1n) is 6.76. The summed E-state index contributed by atoms with van der Waals surface area (Å²) in [5.41, 5.74) is 0. The second-order valence-corrected chi connectivity index (χ2v) is 3.78. The fourth-order valence-corrected chi connectivity index (χ4v) is 1.60. The second-order valence-electron chi connectivity index (χ2n) is 3.78. The maximum absolute atomic E-state index is 11.2. The van der Waals surface area contributed by atoms with Gasteiger partial charge in [-0.2, -0.15) is 0 Å². The lowest BCUT2D eigenvalue weighted by Gasteiger charge is -2.21. The molecule has 1 N–H and O–H groups in total. The minimum Gasteiger partial charge on any atom is -0.463 e. The van der Waals surface area contributed by atoms with Crippen LogP contribution in [0.25, 0.3) is 0 Å². The highest BCUT2D eigenvalue weighted by Gasteiger charge is 2.49.